The van der Waals surface area contributed by atoms with Gasteiger partial charge in [0.2, 0.25) is 5.91 Å². The molecule has 33 heavy (non-hydrogen) atoms. The second kappa shape index (κ2) is 7.41. The predicted molar refractivity (Wildman–Crippen MR) is 121 cm³/mol. The Bertz CT molecular complexity index is 1400. The van der Waals surface area contributed by atoms with Crippen LogP contribution in [-0.2, 0) is 16.6 Å². The summed E-state index contributed by atoms with van der Waals surface area (Å²) < 4.78 is 44.7. The van der Waals surface area contributed by atoms with E-state index in [2.05, 4.69) is 36.3 Å². The zero-order valence-corrected chi connectivity index (χ0v) is 19.1. The van der Waals surface area contributed by atoms with E-state index in [1.807, 2.05) is 0 Å². The van der Waals surface area contributed by atoms with Crippen molar-refractivity contribution in [1.29, 1.82) is 0 Å². The Morgan fingerprint density at radius 1 is 1.21 bits per heavy atom. The molecule has 2 atom stereocenters. The highest BCUT2D eigenvalue weighted by atomic mass is 79.9. The number of nitrogens with one attached hydrogen (secondary N) is 1. The molecule has 0 spiro atoms. The largest absolute Gasteiger partial charge is 0.383 e. The zero-order valence-electron chi connectivity index (χ0n) is 17.5. The number of anilines is 2. The van der Waals surface area contributed by atoms with Crippen LogP contribution in [0, 0.1) is 5.92 Å². The first-order valence-corrected chi connectivity index (χ1v) is 10.9. The van der Waals surface area contributed by atoms with E-state index in [4.69, 9.17) is 5.73 Å². The van der Waals surface area contributed by atoms with Gasteiger partial charge in [-0.05, 0) is 44.2 Å². The molecule has 0 saturated carbocycles. The molecule has 0 bridgehead atoms. The third kappa shape index (κ3) is 3.33. The maximum Gasteiger partial charge on any atom is 0.255 e. The number of nitrogen functional groups attached to an aromatic ring is 1. The van der Waals surface area contributed by atoms with Crippen molar-refractivity contribution < 1.29 is 18.0 Å². The monoisotopic (exact) mass is 518 g/mol. The Morgan fingerprint density at radius 2 is 1.94 bits per heavy atom. The van der Waals surface area contributed by atoms with Crippen LogP contribution in [0.3, 0.4) is 0 Å². The molecule has 1 aromatic carbocycles. The number of nitrogens with zero attached hydrogens (tertiary/aromatic N) is 4. The average Bonchev–Trinajstić information content (AvgIpc) is 3.22. The molecule has 3 N–H and O–H groups in total. The lowest BCUT2D eigenvalue weighted by atomic mass is 9.87. The summed E-state index contributed by atoms with van der Waals surface area (Å²) in [7, 11) is 0. The minimum absolute atomic E-state index is 0.0883. The van der Waals surface area contributed by atoms with E-state index in [-0.39, 0.29) is 29.9 Å². The van der Waals surface area contributed by atoms with Crippen LogP contribution < -0.4 is 11.1 Å². The number of rotatable bonds is 3. The summed E-state index contributed by atoms with van der Waals surface area (Å²) in [5, 5.41) is 7.81. The van der Waals surface area contributed by atoms with Crippen LogP contribution in [-0.4, -0.2) is 31.8 Å². The molecule has 0 fully saturated rings. The summed E-state index contributed by atoms with van der Waals surface area (Å²) in [4.78, 5) is 21.1. The molecule has 11 heteroatoms. The number of fused-ring (bicyclic) bond motifs is 2. The highest BCUT2D eigenvalue weighted by molar-refractivity contribution is 9.10. The third-order valence-electron chi connectivity index (χ3n) is 6.04. The minimum atomic E-state index is -2.10. The van der Waals surface area contributed by atoms with Gasteiger partial charge in [0.05, 0.1) is 28.1 Å². The van der Waals surface area contributed by atoms with Gasteiger partial charge in [0.15, 0.2) is 6.17 Å². The maximum atomic E-state index is 14.4. The van der Waals surface area contributed by atoms with E-state index in [9.17, 15) is 18.0 Å². The highest BCUT2D eigenvalue weighted by Gasteiger charge is 2.42. The molecule has 1 amide bonds. The molecule has 1 aliphatic carbocycles. The lowest BCUT2D eigenvalue weighted by Gasteiger charge is -2.20. The molecule has 2 aromatic heterocycles. The van der Waals surface area contributed by atoms with Gasteiger partial charge in [-0.15, -0.1) is 0 Å². The number of carbonyl (C=O) groups is 1. The van der Waals surface area contributed by atoms with Crippen molar-refractivity contribution >= 4 is 44.4 Å². The molecule has 170 valence electrons. The topological polar surface area (TPSA) is 98.7 Å². The van der Waals surface area contributed by atoms with Gasteiger partial charge in [-0.2, -0.15) is 19.7 Å². The smallest absolute Gasteiger partial charge is 0.255 e. The Morgan fingerprint density at radius 3 is 2.70 bits per heavy atom. The summed E-state index contributed by atoms with van der Waals surface area (Å²) in [6, 6.07) is 5.26. The Hall–Kier alpha value is -3.21. The Balaban J connectivity index is 1.64. The van der Waals surface area contributed by atoms with Crippen molar-refractivity contribution in [3.8, 4) is 5.95 Å². The Kier molecular flexibility index (Phi) is 4.85. The fourth-order valence-electron chi connectivity index (χ4n) is 4.22. The standard InChI is InChI=1S/C22H18BrF3N6O/c1-22(2)16-18(27)28-21(30-19(16)29-20(22)33)32-15-6-3-9(23)7-11(15)14(31-32)8-10-12(24)4-5-13(25)17(10)26/h3-7,10,17H,8H2,1-2H3,(H3,27,28,29,30,33). The van der Waals surface area contributed by atoms with Gasteiger partial charge < -0.3 is 11.1 Å². The van der Waals surface area contributed by atoms with Gasteiger partial charge in [-0.25, -0.2) is 13.2 Å². The van der Waals surface area contributed by atoms with Crippen molar-refractivity contribution in [2.75, 3.05) is 11.1 Å². The zero-order chi connectivity index (χ0) is 23.7. The van der Waals surface area contributed by atoms with Gasteiger partial charge in [0.25, 0.3) is 5.95 Å². The molecule has 5 rings (SSSR count). The lowest BCUT2D eigenvalue weighted by Crippen LogP contribution is -2.27. The Labute approximate surface area is 194 Å². The van der Waals surface area contributed by atoms with Gasteiger partial charge in [-0.1, -0.05) is 15.9 Å². The second-order valence-corrected chi connectivity index (χ2v) is 9.46. The molecule has 2 unspecified atom stereocenters. The minimum Gasteiger partial charge on any atom is -0.383 e. The maximum absolute atomic E-state index is 14.4. The number of alkyl halides is 1. The number of benzene rings is 1. The molecule has 2 aliphatic rings. The fourth-order valence-corrected chi connectivity index (χ4v) is 4.58. The fraction of sp³-hybridized carbons (Fsp3) is 0.273. The first kappa shape index (κ1) is 21.6. The van der Waals surface area contributed by atoms with Crippen molar-refractivity contribution in [3.63, 3.8) is 0 Å². The van der Waals surface area contributed by atoms with Crippen LogP contribution in [0.25, 0.3) is 16.9 Å². The summed E-state index contributed by atoms with van der Waals surface area (Å²) in [5.74, 6) is -2.89. The molecular formula is C22H18BrF3N6O. The normalized spacial score (nSPS) is 21.6. The van der Waals surface area contributed by atoms with E-state index in [0.29, 0.717) is 22.2 Å². The highest BCUT2D eigenvalue weighted by Crippen LogP contribution is 2.40. The number of hydrogen-bond acceptors (Lipinski definition) is 5. The van der Waals surface area contributed by atoms with Crippen molar-refractivity contribution in [2.24, 2.45) is 5.92 Å². The number of aromatic nitrogens is 4. The molecule has 0 saturated heterocycles. The van der Waals surface area contributed by atoms with Crippen LogP contribution in [0.4, 0.5) is 24.8 Å². The van der Waals surface area contributed by atoms with Crippen molar-refractivity contribution in [3.05, 3.63) is 57.7 Å². The molecule has 0 radical (unpaired) electrons. The molecule has 7 nitrogen and oxygen atoms in total. The predicted octanol–water partition coefficient (Wildman–Crippen LogP) is 4.61. The van der Waals surface area contributed by atoms with Crippen LogP contribution >= 0.6 is 15.9 Å². The number of amides is 1. The first-order valence-electron chi connectivity index (χ1n) is 10.1. The first-order chi connectivity index (χ1) is 15.6. The number of halogens is 4. The molecule has 1 aliphatic heterocycles. The van der Waals surface area contributed by atoms with Gasteiger partial charge in [0.1, 0.15) is 23.3 Å². The van der Waals surface area contributed by atoms with E-state index >= 15 is 0 Å². The summed E-state index contributed by atoms with van der Waals surface area (Å²) >= 11 is 3.40. The molecular weight excluding hydrogens is 501 g/mol. The van der Waals surface area contributed by atoms with E-state index in [1.165, 1.54) is 4.68 Å². The van der Waals surface area contributed by atoms with Crippen molar-refractivity contribution in [1.82, 2.24) is 19.7 Å². The number of allylic oxidation sites excluding steroid dienone is 4. The lowest BCUT2D eigenvalue weighted by molar-refractivity contribution is -0.119. The van der Waals surface area contributed by atoms with Crippen LogP contribution in [0.15, 0.2) is 46.5 Å². The van der Waals surface area contributed by atoms with E-state index in [1.54, 1.807) is 32.0 Å². The SMILES string of the molecule is CC1(C)C(=O)Nc2nc(-n3nc(CC4C(F)=CC=C(F)C4F)c4cc(Br)ccc43)nc(N)c21. The van der Waals surface area contributed by atoms with Crippen LogP contribution in [0.1, 0.15) is 25.1 Å². The van der Waals surface area contributed by atoms with Gasteiger partial charge >= 0.3 is 0 Å². The van der Waals surface area contributed by atoms with E-state index < -0.39 is 29.2 Å². The summed E-state index contributed by atoms with van der Waals surface area (Å²) in [5.41, 5.74) is 6.68. The second-order valence-electron chi connectivity index (χ2n) is 8.55. The van der Waals surface area contributed by atoms with Crippen molar-refractivity contribution in [2.45, 2.75) is 31.9 Å². The number of carbonyl (C=O) groups excluding carboxylic acids is 1. The van der Waals surface area contributed by atoms with Gasteiger partial charge in [-0.3, -0.25) is 4.79 Å². The van der Waals surface area contributed by atoms with Crippen LogP contribution in [0.2, 0.25) is 0 Å². The van der Waals surface area contributed by atoms with Crippen LogP contribution in [0.5, 0.6) is 0 Å². The molecule has 3 heterocycles. The number of nitrogens with two attached hydrogens (primary N) is 1. The van der Waals surface area contributed by atoms with Gasteiger partial charge in [0, 0.05) is 16.3 Å². The van der Waals surface area contributed by atoms with E-state index in [0.717, 1.165) is 16.6 Å². The number of hydrogen-bond donors (Lipinski definition) is 2. The molecule has 3 aromatic rings. The third-order valence-corrected chi connectivity index (χ3v) is 6.54. The summed E-state index contributed by atoms with van der Waals surface area (Å²) in [6.07, 6.45) is -0.568. The average molecular weight is 519 g/mol. The summed E-state index contributed by atoms with van der Waals surface area (Å²) in [6.45, 7) is 3.44. The quantitative estimate of drug-likeness (QED) is 0.527.